The Morgan fingerprint density at radius 1 is 1.11 bits per heavy atom. The molecule has 3 aliphatic carbocycles. The molecule has 8 heteroatoms. The summed E-state index contributed by atoms with van der Waals surface area (Å²) < 4.78 is 15.2. The zero-order valence-electron chi connectivity index (χ0n) is 15.6. The number of primary amides is 1. The number of hydrogen-bond donors (Lipinski definition) is 1. The summed E-state index contributed by atoms with van der Waals surface area (Å²) in [6, 6.07) is 6.33. The molecule has 0 aliphatic heterocycles. The van der Waals surface area contributed by atoms with Gasteiger partial charge in [0, 0.05) is 30.6 Å². The van der Waals surface area contributed by atoms with Gasteiger partial charge in [-0.25, -0.2) is 4.39 Å². The second kappa shape index (κ2) is 6.78. The SMILES string of the molecule is CN(c1ccc(F)cc1)c1nnc(C23CCC(C(N)=O)(CC2)CC3)n1C.Cl. The van der Waals surface area contributed by atoms with E-state index in [1.807, 2.05) is 23.6 Å². The van der Waals surface area contributed by atoms with E-state index in [9.17, 15) is 9.18 Å². The fourth-order valence-electron chi connectivity index (χ4n) is 4.75. The Morgan fingerprint density at radius 3 is 2.19 bits per heavy atom. The van der Waals surface area contributed by atoms with E-state index in [0.717, 1.165) is 56.0 Å². The summed E-state index contributed by atoms with van der Waals surface area (Å²) in [6.45, 7) is 0. The molecule has 1 aromatic heterocycles. The molecule has 27 heavy (non-hydrogen) atoms. The maximum atomic E-state index is 13.2. The van der Waals surface area contributed by atoms with Crippen LogP contribution >= 0.6 is 12.4 Å². The predicted molar refractivity (Wildman–Crippen MR) is 104 cm³/mol. The number of rotatable bonds is 4. The van der Waals surface area contributed by atoms with Crippen LogP contribution in [0.2, 0.25) is 0 Å². The average molecular weight is 394 g/mol. The largest absolute Gasteiger partial charge is 0.369 e. The molecule has 3 fully saturated rings. The molecule has 1 heterocycles. The van der Waals surface area contributed by atoms with Crippen LogP contribution in [0.3, 0.4) is 0 Å². The highest BCUT2D eigenvalue weighted by atomic mass is 35.5. The molecule has 5 rings (SSSR count). The van der Waals surface area contributed by atoms with Gasteiger partial charge in [-0.15, -0.1) is 22.6 Å². The van der Waals surface area contributed by atoms with Gasteiger partial charge in [-0.1, -0.05) is 0 Å². The van der Waals surface area contributed by atoms with E-state index >= 15 is 0 Å². The third-order valence-electron chi connectivity index (χ3n) is 6.61. The van der Waals surface area contributed by atoms with E-state index in [1.54, 1.807) is 12.1 Å². The Bertz CT molecular complexity index is 826. The van der Waals surface area contributed by atoms with Gasteiger partial charge in [0.25, 0.3) is 0 Å². The molecular weight excluding hydrogens is 369 g/mol. The van der Waals surface area contributed by atoms with Crippen LogP contribution in [0.25, 0.3) is 0 Å². The summed E-state index contributed by atoms with van der Waals surface area (Å²) in [5, 5.41) is 8.93. The van der Waals surface area contributed by atoms with Crippen molar-refractivity contribution in [1.82, 2.24) is 14.8 Å². The van der Waals surface area contributed by atoms with Crippen molar-refractivity contribution in [2.45, 2.75) is 43.9 Å². The van der Waals surface area contributed by atoms with Gasteiger partial charge in [-0.3, -0.25) is 9.36 Å². The van der Waals surface area contributed by atoms with E-state index in [-0.39, 0.29) is 35.0 Å². The minimum absolute atomic E-state index is 0. The highest BCUT2D eigenvalue weighted by molar-refractivity contribution is 5.85. The standard InChI is InChI=1S/C19H24FN5O.ClH/c1-24(14-5-3-13(20)4-6-14)17-23-22-16(25(17)2)19-10-7-18(8-11-19,9-12-19)15(21)26;/h3-6H,7-12H2,1-2H3,(H2,21,26);1H. The van der Waals surface area contributed by atoms with Crippen molar-refractivity contribution in [2.75, 3.05) is 11.9 Å². The first-order valence-electron chi connectivity index (χ1n) is 9.06. The Morgan fingerprint density at radius 2 is 1.67 bits per heavy atom. The van der Waals surface area contributed by atoms with Gasteiger partial charge in [-0.05, 0) is 62.8 Å². The van der Waals surface area contributed by atoms with E-state index in [0.29, 0.717) is 0 Å². The van der Waals surface area contributed by atoms with Gasteiger partial charge in [0.15, 0.2) is 0 Å². The second-order valence-corrected chi connectivity index (χ2v) is 7.84. The topological polar surface area (TPSA) is 77.0 Å². The number of nitrogens with zero attached hydrogens (tertiary/aromatic N) is 4. The van der Waals surface area contributed by atoms with Crippen LogP contribution in [0.15, 0.2) is 24.3 Å². The third-order valence-corrected chi connectivity index (χ3v) is 6.61. The number of benzene rings is 1. The minimum Gasteiger partial charge on any atom is -0.369 e. The summed E-state index contributed by atoms with van der Waals surface area (Å²) in [7, 11) is 3.88. The van der Waals surface area contributed by atoms with Crippen molar-refractivity contribution < 1.29 is 9.18 Å². The number of halogens is 2. The Balaban J connectivity index is 0.00000210. The summed E-state index contributed by atoms with van der Waals surface area (Å²) in [5.41, 5.74) is 6.18. The molecule has 146 valence electrons. The fraction of sp³-hybridized carbons (Fsp3) is 0.526. The zero-order chi connectivity index (χ0) is 18.5. The molecule has 6 nitrogen and oxygen atoms in total. The van der Waals surface area contributed by atoms with Gasteiger partial charge < -0.3 is 10.6 Å². The van der Waals surface area contributed by atoms with E-state index in [2.05, 4.69) is 10.2 Å². The number of carbonyl (C=O) groups is 1. The number of nitrogens with two attached hydrogens (primary N) is 1. The van der Waals surface area contributed by atoms with E-state index < -0.39 is 0 Å². The first-order valence-corrected chi connectivity index (χ1v) is 9.06. The molecule has 2 bridgehead atoms. The van der Waals surface area contributed by atoms with Crippen molar-refractivity contribution in [3.63, 3.8) is 0 Å². The lowest BCUT2D eigenvalue weighted by atomic mass is 9.53. The summed E-state index contributed by atoms with van der Waals surface area (Å²) in [4.78, 5) is 13.8. The lowest BCUT2D eigenvalue weighted by Crippen LogP contribution is -2.51. The number of fused-ring (bicyclic) bond motifs is 3. The Labute approximate surface area is 164 Å². The molecule has 2 aromatic rings. The molecule has 0 spiro atoms. The maximum Gasteiger partial charge on any atom is 0.231 e. The van der Waals surface area contributed by atoms with Crippen LogP contribution in [-0.4, -0.2) is 27.7 Å². The number of hydrogen-bond acceptors (Lipinski definition) is 4. The van der Waals surface area contributed by atoms with Crippen LogP contribution < -0.4 is 10.6 Å². The van der Waals surface area contributed by atoms with E-state index in [4.69, 9.17) is 5.73 Å². The summed E-state index contributed by atoms with van der Waals surface area (Å²) in [5.74, 6) is 1.28. The Hall–Kier alpha value is -2.15. The van der Waals surface area contributed by atoms with Crippen LogP contribution in [0.1, 0.15) is 44.3 Å². The number of amides is 1. The lowest BCUT2D eigenvalue weighted by molar-refractivity contribution is -0.134. The van der Waals surface area contributed by atoms with Crippen molar-refractivity contribution in [3.8, 4) is 0 Å². The molecule has 0 atom stereocenters. The van der Waals surface area contributed by atoms with Gasteiger partial charge in [0.1, 0.15) is 11.6 Å². The average Bonchev–Trinajstić information content (AvgIpc) is 3.05. The highest BCUT2D eigenvalue weighted by Gasteiger charge is 2.54. The smallest absolute Gasteiger partial charge is 0.231 e. The number of anilines is 2. The van der Waals surface area contributed by atoms with E-state index in [1.165, 1.54) is 12.1 Å². The predicted octanol–water partition coefficient (Wildman–Crippen LogP) is 3.22. The molecule has 0 unspecified atom stereocenters. The zero-order valence-corrected chi connectivity index (χ0v) is 16.4. The van der Waals surface area contributed by atoms with Crippen LogP contribution in [0.5, 0.6) is 0 Å². The summed E-state index contributed by atoms with van der Waals surface area (Å²) >= 11 is 0. The lowest BCUT2D eigenvalue weighted by Gasteiger charge is -2.51. The molecule has 0 saturated heterocycles. The first kappa shape index (κ1) is 19.6. The van der Waals surface area contributed by atoms with Crippen LogP contribution in [-0.2, 0) is 17.3 Å². The molecule has 3 aliphatic rings. The quantitative estimate of drug-likeness (QED) is 0.865. The van der Waals surface area contributed by atoms with Crippen molar-refractivity contribution >= 4 is 29.9 Å². The van der Waals surface area contributed by atoms with Gasteiger partial charge >= 0.3 is 0 Å². The number of carbonyl (C=O) groups excluding carboxylic acids is 1. The number of aromatic nitrogens is 3. The van der Waals surface area contributed by atoms with Crippen LogP contribution in [0, 0.1) is 11.2 Å². The molecule has 1 aromatic carbocycles. The second-order valence-electron chi connectivity index (χ2n) is 7.84. The van der Waals surface area contributed by atoms with Crippen molar-refractivity contribution in [2.24, 2.45) is 18.2 Å². The maximum absolute atomic E-state index is 13.2. The van der Waals surface area contributed by atoms with Crippen molar-refractivity contribution in [3.05, 3.63) is 35.9 Å². The van der Waals surface area contributed by atoms with Gasteiger partial charge in [-0.2, -0.15) is 0 Å². The minimum atomic E-state index is -0.311. The highest BCUT2D eigenvalue weighted by Crippen LogP contribution is 2.57. The molecular formula is C19H25ClFN5O. The molecule has 2 N–H and O–H groups in total. The molecule has 3 saturated carbocycles. The Kier molecular flexibility index (Phi) is 4.93. The fourth-order valence-corrected chi connectivity index (χ4v) is 4.75. The normalized spacial score (nSPS) is 26.5. The van der Waals surface area contributed by atoms with Crippen LogP contribution in [0.4, 0.5) is 16.0 Å². The third kappa shape index (κ3) is 2.98. The van der Waals surface area contributed by atoms with Crippen molar-refractivity contribution in [1.29, 1.82) is 0 Å². The first-order chi connectivity index (χ1) is 12.4. The monoisotopic (exact) mass is 393 g/mol. The molecule has 0 radical (unpaired) electrons. The van der Waals surface area contributed by atoms with Gasteiger partial charge in [0.2, 0.25) is 11.9 Å². The molecule has 1 amide bonds. The van der Waals surface area contributed by atoms with Gasteiger partial charge in [0.05, 0.1) is 0 Å². The summed E-state index contributed by atoms with van der Waals surface area (Å²) in [6.07, 6.45) is 5.25.